The molecule has 2 atom stereocenters. The molecular formula is C19H37ClN2O2. The number of carbonyl (C=O) groups excluding carboxylic acids is 1. The van der Waals surface area contributed by atoms with Gasteiger partial charge in [0.2, 0.25) is 5.91 Å². The Hall–Kier alpha value is -0.320. The van der Waals surface area contributed by atoms with Crippen molar-refractivity contribution < 1.29 is 9.53 Å². The number of amides is 1. The predicted octanol–water partition coefficient (Wildman–Crippen LogP) is 3.62. The second-order valence-electron chi connectivity index (χ2n) is 8.55. The van der Waals surface area contributed by atoms with E-state index in [1.165, 1.54) is 12.8 Å². The van der Waals surface area contributed by atoms with Gasteiger partial charge in [0.05, 0.1) is 6.10 Å². The number of hydrogen-bond donors (Lipinski definition) is 1. The Morgan fingerprint density at radius 3 is 2.33 bits per heavy atom. The first-order valence-electron chi connectivity index (χ1n) is 9.42. The number of nitrogens with two attached hydrogens (primary N) is 1. The van der Waals surface area contributed by atoms with E-state index in [1.54, 1.807) is 0 Å². The Morgan fingerprint density at radius 2 is 1.88 bits per heavy atom. The highest BCUT2D eigenvalue weighted by Gasteiger charge is 2.63. The molecule has 1 saturated carbocycles. The molecule has 0 radical (unpaired) electrons. The van der Waals surface area contributed by atoms with Crippen LogP contribution in [-0.2, 0) is 9.53 Å². The first kappa shape index (κ1) is 21.7. The minimum absolute atomic E-state index is 0. The Bertz CT molecular complexity index is 420. The van der Waals surface area contributed by atoms with Crippen molar-refractivity contribution in [1.29, 1.82) is 0 Å². The van der Waals surface area contributed by atoms with Crippen LogP contribution in [0.25, 0.3) is 0 Å². The molecule has 1 amide bonds. The first-order valence-corrected chi connectivity index (χ1v) is 9.42. The standard InChI is InChI=1S/C19H36N2O2.ClH/c1-6-23-16-13-19(20,18(16,4)5)17(22)21-11-9-15(10-12-21)8-7-14(2)3;/h14-16H,6-13,20H2,1-5H3;1H. The molecule has 2 fully saturated rings. The smallest absolute Gasteiger partial charge is 0.243 e. The van der Waals surface area contributed by atoms with E-state index in [4.69, 9.17) is 10.5 Å². The van der Waals surface area contributed by atoms with Crippen molar-refractivity contribution in [3.63, 3.8) is 0 Å². The largest absolute Gasteiger partial charge is 0.378 e. The molecule has 2 unspecified atom stereocenters. The van der Waals surface area contributed by atoms with Crippen LogP contribution in [0.5, 0.6) is 0 Å². The van der Waals surface area contributed by atoms with Crippen LogP contribution >= 0.6 is 12.4 Å². The summed E-state index contributed by atoms with van der Waals surface area (Å²) in [4.78, 5) is 15.0. The zero-order chi connectivity index (χ0) is 17.3. The zero-order valence-electron chi connectivity index (χ0n) is 16.1. The minimum atomic E-state index is -0.752. The monoisotopic (exact) mass is 360 g/mol. The highest BCUT2D eigenvalue weighted by atomic mass is 35.5. The maximum Gasteiger partial charge on any atom is 0.243 e. The summed E-state index contributed by atoms with van der Waals surface area (Å²) in [6.45, 7) is 13.1. The molecule has 0 aromatic carbocycles. The number of hydrogen-bond acceptors (Lipinski definition) is 3. The maximum atomic E-state index is 13.0. The summed E-state index contributed by atoms with van der Waals surface area (Å²) in [5.41, 5.74) is 5.50. The lowest BCUT2D eigenvalue weighted by atomic mass is 9.54. The van der Waals surface area contributed by atoms with Crippen LogP contribution in [0, 0.1) is 17.3 Å². The number of piperidine rings is 1. The van der Waals surface area contributed by atoms with Gasteiger partial charge in [-0.2, -0.15) is 0 Å². The van der Waals surface area contributed by atoms with Gasteiger partial charge in [-0.1, -0.05) is 40.5 Å². The van der Waals surface area contributed by atoms with Crippen LogP contribution in [-0.4, -0.2) is 42.1 Å². The van der Waals surface area contributed by atoms with Crippen molar-refractivity contribution in [3.05, 3.63) is 0 Å². The van der Waals surface area contributed by atoms with Crippen LogP contribution in [0.15, 0.2) is 0 Å². The second-order valence-corrected chi connectivity index (χ2v) is 8.55. The van der Waals surface area contributed by atoms with E-state index in [2.05, 4.69) is 27.7 Å². The number of halogens is 1. The summed E-state index contributed by atoms with van der Waals surface area (Å²) in [6, 6.07) is 0. The number of carbonyl (C=O) groups is 1. The number of nitrogens with zero attached hydrogens (tertiary/aromatic N) is 1. The molecule has 2 aliphatic rings. The highest BCUT2D eigenvalue weighted by Crippen LogP contribution is 2.50. The molecule has 0 aromatic heterocycles. The quantitative estimate of drug-likeness (QED) is 0.787. The SMILES string of the molecule is CCOC1CC(N)(C(=O)N2CCC(CCC(C)C)CC2)C1(C)C.Cl. The van der Waals surface area contributed by atoms with Gasteiger partial charge in [0.15, 0.2) is 0 Å². The van der Waals surface area contributed by atoms with Gasteiger partial charge in [-0.15, -0.1) is 12.4 Å². The number of rotatable bonds is 6. The topological polar surface area (TPSA) is 55.6 Å². The van der Waals surface area contributed by atoms with E-state index in [0.29, 0.717) is 13.0 Å². The summed E-state index contributed by atoms with van der Waals surface area (Å²) < 4.78 is 5.75. The molecule has 2 rings (SSSR count). The van der Waals surface area contributed by atoms with Gasteiger partial charge in [0.25, 0.3) is 0 Å². The molecule has 1 aliphatic carbocycles. The van der Waals surface area contributed by atoms with Gasteiger partial charge < -0.3 is 15.4 Å². The Morgan fingerprint density at radius 1 is 1.29 bits per heavy atom. The van der Waals surface area contributed by atoms with Gasteiger partial charge in [-0.05, 0) is 31.6 Å². The van der Waals surface area contributed by atoms with Gasteiger partial charge in [0, 0.05) is 31.5 Å². The van der Waals surface area contributed by atoms with Crippen molar-refractivity contribution >= 4 is 18.3 Å². The third-order valence-electron chi connectivity index (χ3n) is 6.27. The Labute approximate surface area is 154 Å². The average Bonchev–Trinajstić information content (AvgIpc) is 2.52. The fourth-order valence-corrected chi connectivity index (χ4v) is 4.07. The van der Waals surface area contributed by atoms with Gasteiger partial charge in [-0.3, -0.25) is 4.79 Å². The summed E-state index contributed by atoms with van der Waals surface area (Å²) in [6.07, 6.45) is 5.60. The maximum absolute atomic E-state index is 13.0. The van der Waals surface area contributed by atoms with Crippen molar-refractivity contribution in [2.75, 3.05) is 19.7 Å². The zero-order valence-corrected chi connectivity index (χ0v) is 17.0. The molecule has 142 valence electrons. The lowest BCUT2D eigenvalue weighted by molar-refractivity contribution is -0.180. The van der Waals surface area contributed by atoms with E-state index in [9.17, 15) is 4.79 Å². The molecule has 0 aromatic rings. The van der Waals surface area contributed by atoms with E-state index in [0.717, 1.165) is 37.8 Å². The van der Waals surface area contributed by atoms with E-state index in [-0.39, 0.29) is 29.8 Å². The molecule has 24 heavy (non-hydrogen) atoms. The van der Waals surface area contributed by atoms with Crippen molar-refractivity contribution in [2.45, 2.75) is 78.4 Å². The van der Waals surface area contributed by atoms with Gasteiger partial charge >= 0.3 is 0 Å². The van der Waals surface area contributed by atoms with Crippen molar-refractivity contribution in [3.8, 4) is 0 Å². The molecule has 5 heteroatoms. The van der Waals surface area contributed by atoms with Crippen molar-refractivity contribution in [1.82, 2.24) is 4.90 Å². The minimum Gasteiger partial charge on any atom is -0.378 e. The van der Waals surface area contributed by atoms with Crippen LogP contribution in [0.3, 0.4) is 0 Å². The normalized spacial score (nSPS) is 30.0. The van der Waals surface area contributed by atoms with E-state index >= 15 is 0 Å². The molecule has 4 nitrogen and oxygen atoms in total. The third-order valence-corrected chi connectivity index (χ3v) is 6.27. The van der Waals surface area contributed by atoms with Gasteiger partial charge in [0.1, 0.15) is 5.54 Å². The summed E-state index contributed by atoms with van der Waals surface area (Å²) in [7, 11) is 0. The molecule has 0 bridgehead atoms. The number of ether oxygens (including phenoxy) is 1. The Balaban J connectivity index is 0.00000288. The van der Waals surface area contributed by atoms with Crippen LogP contribution < -0.4 is 5.73 Å². The first-order chi connectivity index (χ1) is 10.7. The molecule has 1 heterocycles. The molecule has 1 aliphatic heterocycles. The molecule has 0 spiro atoms. The fourth-order valence-electron chi connectivity index (χ4n) is 4.07. The van der Waals surface area contributed by atoms with Gasteiger partial charge in [-0.25, -0.2) is 0 Å². The van der Waals surface area contributed by atoms with Crippen LogP contribution in [0.2, 0.25) is 0 Å². The van der Waals surface area contributed by atoms with E-state index in [1.807, 2.05) is 11.8 Å². The highest BCUT2D eigenvalue weighted by molar-refractivity contribution is 5.89. The summed E-state index contributed by atoms with van der Waals surface area (Å²) in [5, 5.41) is 0. The number of likely N-dealkylation sites (tertiary alicyclic amines) is 1. The fraction of sp³-hybridized carbons (Fsp3) is 0.947. The third kappa shape index (κ3) is 4.08. The van der Waals surface area contributed by atoms with E-state index < -0.39 is 5.54 Å². The van der Waals surface area contributed by atoms with Crippen LogP contribution in [0.1, 0.15) is 66.7 Å². The Kier molecular flexibility index (Phi) is 7.58. The average molecular weight is 361 g/mol. The lowest BCUT2D eigenvalue weighted by Crippen LogP contribution is -2.76. The predicted molar refractivity (Wildman–Crippen MR) is 101 cm³/mol. The summed E-state index contributed by atoms with van der Waals surface area (Å²) in [5.74, 6) is 1.69. The van der Waals surface area contributed by atoms with Crippen molar-refractivity contribution in [2.24, 2.45) is 23.0 Å². The molecule has 1 saturated heterocycles. The molecule has 2 N–H and O–H groups in total. The van der Waals surface area contributed by atoms with Crippen LogP contribution in [0.4, 0.5) is 0 Å². The lowest BCUT2D eigenvalue weighted by Gasteiger charge is -2.59. The second kappa shape index (κ2) is 8.37. The summed E-state index contributed by atoms with van der Waals surface area (Å²) >= 11 is 0. The molecular weight excluding hydrogens is 324 g/mol.